The average Bonchev–Trinajstić information content (AvgIpc) is 3.32. The maximum atomic E-state index is 12.7. The minimum Gasteiger partial charge on any atom is -0.343 e. The van der Waals surface area contributed by atoms with E-state index in [1.807, 2.05) is 60.2 Å². The lowest BCUT2D eigenvalue weighted by atomic mass is 10.1. The number of nitrogens with one attached hydrogen (secondary N) is 1. The van der Waals surface area contributed by atoms with Crippen LogP contribution in [0.1, 0.15) is 40.6 Å². The lowest BCUT2D eigenvalue weighted by molar-refractivity contribution is 0.0930. The molecule has 5 heteroatoms. The van der Waals surface area contributed by atoms with Crippen molar-refractivity contribution >= 4 is 5.91 Å². The number of pyridine rings is 1. The van der Waals surface area contributed by atoms with Crippen LogP contribution in [0.5, 0.6) is 0 Å². The molecule has 1 aliphatic rings. The molecule has 1 saturated carbocycles. The van der Waals surface area contributed by atoms with Crippen LogP contribution in [0.3, 0.4) is 0 Å². The lowest BCUT2D eigenvalue weighted by Gasteiger charge is -2.18. The van der Waals surface area contributed by atoms with Gasteiger partial charge in [-0.2, -0.15) is 0 Å². The predicted molar refractivity (Wildman–Crippen MR) is 95.5 cm³/mol. The maximum absolute atomic E-state index is 12.7. The van der Waals surface area contributed by atoms with E-state index in [-0.39, 0.29) is 11.9 Å². The van der Waals surface area contributed by atoms with Crippen molar-refractivity contribution in [2.45, 2.75) is 25.8 Å². The highest BCUT2D eigenvalue weighted by Crippen LogP contribution is 2.40. The second-order valence-electron chi connectivity index (χ2n) is 6.51. The number of aryl methyl sites for hydroxylation is 1. The Morgan fingerprint density at radius 3 is 2.64 bits per heavy atom. The summed E-state index contributed by atoms with van der Waals surface area (Å²) in [5.74, 6) is 0.431. The van der Waals surface area contributed by atoms with E-state index in [4.69, 9.17) is 0 Å². The molecule has 25 heavy (non-hydrogen) atoms. The van der Waals surface area contributed by atoms with Gasteiger partial charge in [0, 0.05) is 29.3 Å². The van der Waals surface area contributed by atoms with Gasteiger partial charge in [-0.25, -0.2) is 4.98 Å². The summed E-state index contributed by atoms with van der Waals surface area (Å²) >= 11 is 0. The number of carbonyl (C=O) groups excluding carboxylic acids is 1. The van der Waals surface area contributed by atoms with Gasteiger partial charge in [0.2, 0.25) is 0 Å². The van der Waals surface area contributed by atoms with Gasteiger partial charge >= 0.3 is 0 Å². The zero-order valence-corrected chi connectivity index (χ0v) is 14.1. The van der Waals surface area contributed by atoms with E-state index >= 15 is 0 Å². The molecule has 2 aromatic heterocycles. The lowest BCUT2D eigenvalue weighted by Crippen LogP contribution is -2.30. The first kappa shape index (κ1) is 15.6. The van der Waals surface area contributed by atoms with Gasteiger partial charge in [0.15, 0.2) is 0 Å². The molecule has 0 radical (unpaired) electrons. The number of hydrogen-bond acceptors (Lipinski definition) is 3. The Morgan fingerprint density at radius 1 is 1.20 bits per heavy atom. The monoisotopic (exact) mass is 332 g/mol. The smallest absolute Gasteiger partial charge is 0.251 e. The number of imidazole rings is 1. The topological polar surface area (TPSA) is 59.8 Å². The first-order valence-corrected chi connectivity index (χ1v) is 8.53. The van der Waals surface area contributed by atoms with E-state index in [0.29, 0.717) is 11.5 Å². The van der Waals surface area contributed by atoms with Gasteiger partial charge in [0.25, 0.3) is 5.91 Å². The Hall–Kier alpha value is -2.95. The number of hydrogen-bond donors (Lipinski definition) is 1. The van der Waals surface area contributed by atoms with Crippen LogP contribution < -0.4 is 5.32 Å². The summed E-state index contributed by atoms with van der Waals surface area (Å²) in [6.45, 7) is 1.98. The van der Waals surface area contributed by atoms with Crippen molar-refractivity contribution in [3.05, 3.63) is 78.1 Å². The van der Waals surface area contributed by atoms with Crippen LogP contribution in [0, 0.1) is 12.8 Å². The molecular weight excluding hydrogens is 312 g/mol. The number of nitrogens with zero attached hydrogens (tertiary/aromatic N) is 3. The molecule has 1 amide bonds. The van der Waals surface area contributed by atoms with E-state index in [1.165, 1.54) is 0 Å². The molecule has 1 fully saturated rings. The van der Waals surface area contributed by atoms with E-state index in [2.05, 4.69) is 15.3 Å². The third-order valence-electron chi connectivity index (χ3n) is 4.54. The molecule has 1 N–H and O–H groups in total. The third kappa shape index (κ3) is 3.45. The molecule has 0 unspecified atom stereocenters. The summed E-state index contributed by atoms with van der Waals surface area (Å²) in [4.78, 5) is 21.3. The predicted octanol–water partition coefficient (Wildman–Crippen LogP) is 3.46. The van der Waals surface area contributed by atoms with Crippen molar-refractivity contribution in [3.63, 3.8) is 0 Å². The SMILES string of the molecule is Cc1cccc([C@H](NC(=O)c2ccc(-n3ccnc3)cc2)C2CC2)n1. The van der Waals surface area contributed by atoms with Crippen molar-refractivity contribution in [2.75, 3.05) is 0 Å². The first-order chi connectivity index (χ1) is 12.2. The van der Waals surface area contributed by atoms with E-state index < -0.39 is 0 Å². The Labute approximate surface area is 146 Å². The maximum Gasteiger partial charge on any atom is 0.251 e. The van der Waals surface area contributed by atoms with Crippen molar-refractivity contribution < 1.29 is 4.79 Å². The van der Waals surface area contributed by atoms with Gasteiger partial charge < -0.3 is 9.88 Å². The highest BCUT2D eigenvalue weighted by molar-refractivity contribution is 5.94. The minimum absolute atomic E-state index is 0.0132. The Kier molecular flexibility index (Phi) is 4.06. The molecule has 0 saturated heterocycles. The van der Waals surface area contributed by atoms with E-state index in [1.54, 1.807) is 12.5 Å². The second kappa shape index (κ2) is 6.51. The van der Waals surface area contributed by atoms with Crippen LogP contribution in [0.15, 0.2) is 61.2 Å². The molecule has 1 aromatic carbocycles. The molecule has 126 valence electrons. The molecule has 0 aliphatic heterocycles. The van der Waals surface area contributed by atoms with Crippen LogP contribution in [0.25, 0.3) is 5.69 Å². The van der Waals surface area contributed by atoms with E-state index in [0.717, 1.165) is 29.9 Å². The van der Waals surface area contributed by atoms with Crippen LogP contribution in [-0.4, -0.2) is 20.4 Å². The van der Waals surface area contributed by atoms with E-state index in [9.17, 15) is 4.79 Å². The Morgan fingerprint density at radius 2 is 2.00 bits per heavy atom. The molecule has 2 heterocycles. The van der Waals surface area contributed by atoms with Crippen LogP contribution in [-0.2, 0) is 0 Å². The summed E-state index contributed by atoms with van der Waals surface area (Å²) < 4.78 is 1.91. The Balaban J connectivity index is 1.52. The highest BCUT2D eigenvalue weighted by atomic mass is 16.1. The van der Waals surface area contributed by atoms with Crippen molar-refractivity contribution in [1.82, 2.24) is 19.9 Å². The summed E-state index contributed by atoms with van der Waals surface area (Å²) in [6, 6.07) is 13.5. The van der Waals surface area contributed by atoms with Gasteiger partial charge in [-0.3, -0.25) is 9.78 Å². The Bertz CT molecular complexity index is 867. The summed E-state index contributed by atoms with van der Waals surface area (Å²) in [5.41, 5.74) is 3.56. The minimum atomic E-state index is -0.0580. The molecule has 3 aromatic rings. The second-order valence-corrected chi connectivity index (χ2v) is 6.51. The highest BCUT2D eigenvalue weighted by Gasteiger charge is 2.34. The van der Waals surface area contributed by atoms with Gasteiger partial charge in [0.1, 0.15) is 0 Å². The standard InChI is InChI=1S/C20H20N4O/c1-14-3-2-4-18(22-14)19(15-5-6-15)23-20(25)16-7-9-17(10-8-16)24-12-11-21-13-24/h2-4,7-13,15,19H,5-6H2,1H3,(H,23,25)/t19-/m1/s1. The molecule has 0 bridgehead atoms. The number of carbonyl (C=O) groups is 1. The van der Waals surface area contributed by atoms with Gasteiger partial charge in [0.05, 0.1) is 18.1 Å². The molecule has 5 nitrogen and oxygen atoms in total. The number of aromatic nitrogens is 3. The van der Waals surface area contributed by atoms with Crippen molar-refractivity contribution in [3.8, 4) is 5.69 Å². The van der Waals surface area contributed by atoms with Crippen molar-refractivity contribution in [1.29, 1.82) is 0 Å². The molecule has 4 rings (SSSR count). The van der Waals surface area contributed by atoms with Gasteiger partial charge in [-0.05, 0) is 62.1 Å². The quantitative estimate of drug-likeness (QED) is 0.778. The third-order valence-corrected chi connectivity index (χ3v) is 4.54. The van der Waals surface area contributed by atoms with Gasteiger partial charge in [-0.1, -0.05) is 6.07 Å². The number of benzene rings is 1. The molecular formula is C20H20N4O. The summed E-state index contributed by atoms with van der Waals surface area (Å²) in [6.07, 6.45) is 7.62. The van der Waals surface area contributed by atoms with Crippen molar-refractivity contribution in [2.24, 2.45) is 5.92 Å². The fourth-order valence-electron chi connectivity index (χ4n) is 3.02. The molecule has 1 aliphatic carbocycles. The zero-order valence-electron chi connectivity index (χ0n) is 14.1. The largest absolute Gasteiger partial charge is 0.343 e. The zero-order chi connectivity index (χ0) is 17.2. The van der Waals surface area contributed by atoms with Crippen LogP contribution in [0.2, 0.25) is 0 Å². The van der Waals surface area contributed by atoms with Crippen LogP contribution in [0.4, 0.5) is 0 Å². The molecule has 1 atom stereocenters. The number of rotatable bonds is 5. The van der Waals surface area contributed by atoms with Crippen LogP contribution >= 0.6 is 0 Å². The van der Waals surface area contributed by atoms with Gasteiger partial charge in [-0.15, -0.1) is 0 Å². The average molecular weight is 332 g/mol. The normalized spacial score (nSPS) is 14.9. The fraction of sp³-hybridized carbons (Fsp3) is 0.250. The fourth-order valence-corrected chi connectivity index (χ4v) is 3.02. The summed E-state index contributed by atoms with van der Waals surface area (Å²) in [5, 5.41) is 3.17. The number of amides is 1. The molecule has 0 spiro atoms. The summed E-state index contributed by atoms with van der Waals surface area (Å²) in [7, 11) is 0. The first-order valence-electron chi connectivity index (χ1n) is 8.53.